The van der Waals surface area contributed by atoms with E-state index < -0.39 is 0 Å². The Morgan fingerprint density at radius 2 is 1.73 bits per heavy atom. The molecule has 0 unspecified atom stereocenters. The highest BCUT2D eigenvalue weighted by atomic mass is 16.5. The third-order valence-corrected chi connectivity index (χ3v) is 5.83. The summed E-state index contributed by atoms with van der Waals surface area (Å²) in [5.74, 6) is 0.300. The van der Waals surface area contributed by atoms with Gasteiger partial charge in [0, 0.05) is 22.7 Å². The number of hydrogen-bond acceptors (Lipinski definition) is 4. The van der Waals surface area contributed by atoms with Crippen molar-refractivity contribution in [3.05, 3.63) is 69.1 Å². The summed E-state index contributed by atoms with van der Waals surface area (Å²) in [6.45, 7) is 4.03. The van der Waals surface area contributed by atoms with Gasteiger partial charge in [0.1, 0.15) is 11.3 Å². The van der Waals surface area contributed by atoms with Crippen molar-refractivity contribution in [2.75, 3.05) is 11.9 Å². The molecule has 0 saturated carbocycles. The first-order valence-corrected chi connectivity index (χ1v) is 10.7. The minimum absolute atomic E-state index is 0.109. The molecule has 0 radical (unpaired) electrons. The molecule has 0 fully saturated rings. The van der Waals surface area contributed by atoms with Crippen LogP contribution in [-0.2, 0) is 30.5 Å². The van der Waals surface area contributed by atoms with Gasteiger partial charge in [-0.25, -0.2) is 4.79 Å². The van der Waals surface area contributed by atoms with Crippen molar-refractivity contribution in [1.82, 2.24) is 0 Å². The van der Waals surface area contributed by atoms with Crippen LogP contribution in [-0.4, -0.2) is 12.5 Å². The standard InChI is InChI=1S/C25H27NO4/c1-3-16-8-7-9-17(4-2)24(16)26-23(27)15-29-18-12-13-20-19-10-5-6-11-21(19)25(28)30-22(20)14-18/h7-9,12-14H,3-6,10-11,15H2,1-2H3,(H,26,27). The molecular formula is C25H27NO4. The maximum Gasteiger partial charge on any atom is 0.339 e. The molecule has 1 aliphatic rings. The van der Waals surface area contributed by atoms with Gasteiger partial charge in [0.2, 0.25) is 0 Å². The molecule has 3 aromatic rings. The van der Waals surface area contributed by atoms with E-state index in [1.165, 1.54) is 0 Å². The summed E-state index contributed by atoms with van der Waals surface area (Å²) >= 11 is 0. The van der Waals surface area contributed by atoms with Crippen LogP contribution in [0.25, 0.3) is 11.0 Å². The molecule has 1 aromatic heterocycles. The fourth-order valence-corrected chi connectivity index (χ4v) is 4.24. The molecule has 0 atom stereocenters. The van der Waals surface area contributed by atoms with Gasteiger partial charge in [-0.1, -0.05) is 32.0 Å². The Morgan fingerprint density at radius 3 is 2.43 bits per heavy atom. The second-order valence-electron chi connectivity index (χ2n) is 7.71. The summed E-state index contributed by atoms with van der Waals surface area (Å²) in [4.78, 5) is 24.8. The summed E-state index contributed by atoms with van der Waals surface area (Å²) in [5.41, 5.74) is 5.27. The first-order valence-electron chi connectivity index (χ1n) is 10.7. The number of rotatable bonds is 6. The van der Waals surface area contributed by atoms with E-state index >= 15 is 0 Å². The Balaban J connectivity index is 1.50. The molecule has 1 N–H and O–H groups in total. The quantitative estimate of drug-likeness (QED) is 0.598. The third kappa shape index (κ3) is 3.97. The number of anilines is 1. The van der Waals surface area contributed by atoms with Crippen molar-refractivity contribution in [2.45, 2.75) is 52.4 Å². The molecule has 0 bridgehead atoms. The number of para-hydroxylation sites is 1. The van der Waals surface area contributed by atoms with Crippen molar-refractivity contribution in [2.24, 2.45) is 0 Å². The molecule has 1 amide bonds. The normalized spacial score (nSPS) is 13.1. The molecule has 5 heteroatoms. The van der Waals surface area contributed by atoms with Gasteiger partial charge in [-0.3, -0.25) is 4.79 Å². The van der Waals surface area contributed by atoms with Gasteiger partial charge in [0.25, 0.3) is 5.91 Å². The van der Waals surface area contributed by atoms with E-state index in [2.05, 4.69) is 19.2 Å². The fourth-order valence-electron chi connectivity index (χ4n) is 4.24. The van der Waals surface area contributed by atoms with Crippen LogP contribution in [0.2, 0.25) is 0 Å². The SMILES string of the molecule is CCc1cccc(CC)c1NC(=O)COc1ccc2c3c(c(=O)oc2c1)CCCC3. The fraction of sp³-hybridized carbons (Fsp3) is 0.360. The van der Waals surface area contributed by atoms with Crippen molar-refractivity contribution in [1.29, 1.82) is 0 Å². The van der Waals surface area contributed by atoms with Crippen LogP contribution in [0.5, 0.6) is 5.75 Å². The van der Waals surface area contributed by atoms with E-state index in [-0.39, 0.29) is 18.1 Å². The van der Waals surface area contributed by atoms with E-state index in [9.17, 15) is 9.59 Å². The summed E-state index contributed by atoms with van der Waals surface area (Å²) < 4.78 is 11.2. The van der Waals surface area contributed by atoms with Crippen molar-refractivity contribution >= 4 is 22.6 Å². The van der Waals surface area contributed by atoms with Gasteiger partial charge in [-0.15, -0.1) is 0 Å². The molecule has 0 saturated heterocycles. The summed E-state index contributed by atoms with van der Waals surface area (Å²) in [6, 6.07) is 11.5. The lowest BCUT2D eigenvalue weighted by Crippen LogP contribution is -2.21. The summed E-state index contributed by atoms with van der Waals surface area (Å²) in [6.07, 6.45) is 5.49. The molecule has 30 heavy (non-hydrogen) atoms. The van der Waals surface area contributed by atoms with Crippen molar-refractivity contribution in [3.63, 3.8) is 0 Å². The molecule has 1 heterocycles. The number of fused-ring (bicyclic) bond motifs is 3. The number of carbonyl (C=O) groups is 1. The highest BCUT2D eigenvalue weighted by Gasteiger charge is 2.18. The number of nitrogens with one attached hydrogen (secondary N) is 1. The lowest BCUT2D eigenvalue weighted by atomic mass is 9.91. The number of hydrogen-bond donors (Lipinski definition) is 1. The van der Waals surface area contributed by atoms with Gasteiger partial charge < -0.3 is 14.5 Å². The average Bonchev–Trinajstić information content (AvgIpc) is 2.78. The largest absolute Gasteiger partial charge is 0.484 e. The number of amides is 1. The van der Waals surface area contributed by atoms with E-state index in [0.29, 0.717) is 11.3 Å². The molecule has 5 nitrogen and oxygen atoms in total. The zero-order valence-corrected chi connectivity index (χ0v) is 17.5. The molecule has 0 aliphatic heterocycles. The lowest BCUT2D eigenvalue weighted by molar-refractivity contribution is -0.118. The molecule has 0 spiro atoms. The molecule has 1 aliphatic carbocycles. The molecule has 2 aromatic carbocycles. The lowest BCUT2D eigenvalue weighted by Gasteiger charge is -2.17. The summed E-state index contributed by atoms with van der Waals surface area (Å²) in [7, 11) is 0. The molecule has 4 rings (SSSR count). The Morgan fingerprint density at radius 1 is 1.03 bits per heavy atom. The number of carbonyl (C=O) groups excluding carboxylic acids is 1. The molecule has 156 valence electrons. The van der Waals surface area contributed by atoms with Crippen LogP contribution in [0, 0.1) is 0 Å². The smallest absolute Gasteiger partial charge is 0.339 e. The Hall–Kier alpha value is -3.08. The highest BCUT2D eigenvalue weighted by molar-refractivity contribution is 5.93. The maximum absolute atomic E-state index is 12.5. The number of benzene rings is 2. The molecular weight excluding hydrogens is 378 g/mol. The first-order chi connectivity index (χ1) is 14.6. The van der Waals surface area contributed by atoms with E-state index in [0.717, 1.165) is 71.9 Å². The number of ether oxygens (including phenoxy) is 1. The predicted octanol–water partition coefficient (Wildman–Crippen LogP) is 4.81. The third-order valence-electron chi connectivity index (χ3n) is 5.83. The zero-order valence-electron chi connectivity index (χ0n) is 17.5. The van der Waals surface area contributed by atoms with Crippen LogP contribution >= 0.6 is 0 Å². The van der Waals surface area contributed by atoms with Gasteiger partial charge in [0.15, 0.2) is 6.61 Å². The maximum atomic E-state index is 12.5. The van der Waals surface area contributed by atoms with Crippen LogP contribution in [0.15, 0.2) is 45.6 Å². The van der Waals surface area contributed by atoms with Gasteiger partial charge in [-0.2, -0.15) is 0 Å². The minimum atomic E-state index is -0.254. The van der Waals surface area contributed by atoms with Gasteiger partial charge in [0.05, 0.1) is 0 Å². The van der Waals surface area contributed by atoms with E-state index in [1.807, 2.05) is 30.3 Å². The topological polar surface area (TPSA) is 68.5 Å². The zero-order chi connectivity index (χ0) is 21.1. The minimum Gasteiger partial charge on any atom is -0.484 e. The van der Waals surface area contributed by atoms with E-state index in [1.54, 1.807) is 6.07 Å². The van der Waals surface area contributed by atoms with Gasteiger partial charge >= 0.3 is 5.63 Å². The van der Waals surface area contributed by atoms with Crippen molar-refractivity contribution < 1.29 is 13.9 Å². The Bertz CT molecular complexity index is 1120. The first kappa shape index (κ1) is 20.2. The van der Waals surface area contributed by atoms with Gasteiger partial charge in [-0.05, 0) is 67.3 Å². The van der Waals surface area contributed by atoms with Crippen molar-refractivity contribution in [3.8, 4) is 5.75 Å². The second kappa shape index (κ2) is 8.74. The monoisotopic (exact) mass is 405 g/mol. The number of aryl methyl sites for hydroxylation is 3. The average molecular weight is 405 g/mol. The predicted molar refractivity (Wildman–Crippen MR) is 118 cm³/mol. The Kier molecular flexibility index (Phi) is 5.88. The van der Waals surface area contributed by atoms with Crippen LogP contribution < -0.4 is 15.7 Å². The van der Waals surface area contributed by atoms with Crippen LogP contribution in [0.4, 0.5) is 5.69 Å². The Labute approximate surface area is 176 Å². The second-order valence-corrected chi connectivity index (χ2v) is 7.71. The van der Waals surface area contributed by atoms with Crippen LogP contribution in [0.3, 0.4) is 0 Å². The highest BCUT2D eigenvalue weighted by Crippen LogP contribution is 2.29. The van der Waals surface area contributed by atoms with E-state index in [4.69, 9.17) is 9.15 Å². The van der Waals surface area contributed by atoms with Crippen LogP contribution in [0.1, 0.15) is 48.9 Å². The summed E-state index contributed by atoms with van der Waals surface area (Å²) in [5, 5.41) is 3.96.